The van der Waals surface area contributed by atoms with Gasteiger partial charge in [0, 0.05) is 24.0 Å². The Bertz CT molecular complexity index is 500. The molecular weight excluding hydrogens is 300 g/mol. The van der Waals surface area contributed by atoms with E-state index >= 15 is 0 Å². The highest BCUT2D eigenvalue weighted by atomic mass is 32.1. The molecule has 1 aromatic heterocycles. The SMILES string of the molecule is CC(C)(C)OC(=O)NC1CCN(C(=O)Cc2cccs2)CC1. The summed E-state index contributed by atoms with van der Waals surface area (Å²) in [5, 5.41) is 4.87. The number of nitrogens with one attached hydrogen (secondary N) is 1. The molecule has 0 saturated carbocycles. The maximum Gasteiger partial charge on any atom is 0.407 e. The molecule has 6 heteroatoms. The van der Waals surface area contributed by atoms with Crippen molar-refractivity contribution in [3.05, 3.63) is 22.4 Å². The number of likely N-dealkylation sites (tertiary alicyclic amines) is 1. The van der Waals surface area contributed by atoms with Gasteiger partial charge in [0.05, 0.1) is 6.42 Å². The highest BCUT2D eigenvalue weighted by molar-refractivity contribution is 7.10. The maximum absolute atomic E-state index is 12.2. The number of ether oxygens (including phenoxy) is 1. The third kappa shape index (κ3) is 5.33. The number of piperidine rings is 1. The molecule has 5 nitrogen and oxygen atoms in total. The van der Waals surface area contributed by atoms with E-state index < -0.39 is 5.60 Å². The van der Waals surface area contributed by atoms with Crippen molar-refractivity contribution in [3.8, 4) is 0 Å². The van der Waals surface area contributed by atoms with Crippen molar-refractivity contribution in [1.29, 1.82) is 0 Å². The first kappa shape index (κ1) is 16.8. The summed E-state index contributed by atoms with van der Waals surface area (Å²) >= 11 is 1.61. The third-order valence-electron chi connectivity index (χ3n) is 3.47. The number of thiophene rings is 1. The lowest BCUT2D eigenvalue weighted by Gasteiger charge is -2.32. The summed E-state index contributed by atoms with van der Waals surface area (Å²) in [7, 11) is 0. The molecule has 2 amide bonds. The minimum atomic E-state index is -0.485. The molecule has 1 fully saturated rings. The summed E-state index contributed by atoms with van der Waals surface area (Å²) in [6, 6.07) is 4.03. The average molecular weight is 324 g/mol. The standard InChI is InChI=1S/C16H24N2O3S/c1-16(2,3)21-15(20)17-12-6-8-18(9-7-12)14(19)11-13-5-4-10-22-13/h4-5,10,12H,6-9,11H2,1-3H3,(H,17,20). The highest BCUT2D eigenvalue weighted by Crippen LogP contribution is 2.15. The molecule has 0 radical (unpaired) electrons. The molecular formula is C16H24N2O3S. The van der Waals surface area contributed by atoms with Crippen LogP contribution in [0.4, 0.5) is 4.79 Å². The number of carbonyl (C=O) groups excluding carboxylic acids is 2. The molecule has 22 heavy (non-hydrogen) atoms. The zero-order chi connectivity index (χ0) is 16.2. The van der Waals surface area contributed by atoms with Crippen LogP contribution < -0.4 is 5.32 Å². The zero-order valence-electron chi connectivity index (χ0n) is 13.4. The second-order valence-corrected chi connectivity index (χ2v) is 7.59. The van der Waals surface area contributed by atoms with E-state index in [1.54, 1.807) is 11.3 Å². The fourth-order valence-electron chi connectivity index (χ4n) is 2.42. The smallest absolute Gasteiger partial charge is 0.407 e. The van der Waals surface area contributed by atoms with E-state index in [4.69, 9.17) is 4.74 Å². The lowest BCUT2D eigenvalue weighted by Crippen LogP contribution is -2.47. The van der Waals surface area contributed by atoms with Crippen LogP contribution in [-0.4, -0.2) is 41.6 Å². The van der Waals surface area contributed by atoms with Gasteiger partial charge in [-0.05, 0) is 45.1 Å². The number of nitrogens with zero attached hydrogens (tertiary/aromatic N) is 1. The second kappa shape index (κ2) is 7.13. The average Bonchev–Trinajstić information content (AvgIpc) is 2.90. The van der Waals surface area contributed by atoms with Gasteiger partial charge < -0.3 is 15.0 Å². The summed E-state index contributed by atoms with van der Waals surface area (Å²) in [6.45, 7) is 6.91. The van der Waals surface area contributed by atoms with E-state index in [1.165, 1.54) is 0 Å². The molecule has 122 valence electrons. The molecule has 0 spiro atoms. The molecule has 1 aliphatic rings. The largest absolute Gasteiger partial charge is 0.444 e. The molecule has 0 bridgehead atoms. The van der Waals surface area contributed by atoms with Gasteiger partial charge in [-0.3, -0.25) is 4.79 Å². The summed E-state index contributed by atoms with van der Waals surface area (Å²) in [5.74, 6) is 0.165. The Kier molecular flexibility index (Phi) is 5.45. The molecule has 0 aromatic carbocycles. The molecule has 1 N–H and O–H groups in total. The van der Waals surface area contributed by atoms with Crippen molar-refractivity contribution in [1.82, 2.24) is 10.2 Å². The molecule has 0 atom stereocenters. The Morgan fingerprint density at radius 1 is 1.36 bits per heavy atom. The van der Waals surface area contributed by atoms with Gasteiger partial charge in [0.1, 0.15) is 5.60 Å². The van der Waals surface area contributed by atoms with Gasteiger partial charge in [0.15, 0.2) is 0 Å². The van der Waals surface area contributed by atoms with E-state index in [9.17, 15) is 9.59 Å². The molecule has 0 unspecified atom stereocenters. The first-order valence-corrected chi connectivity index (χ1v) is 8.51. The summed E-state index contributed by atoms with van der Waals surface area (Å²) in [4.78, 5) is 26.9. The first-order valence-electron chi connectivity index (χ1n) is 7.63. The van der Waals surface area contributed by atoms with Crippen molar-refractivity contribution in [2.75, 3.05) is 13.1 Å². The van der Waals surface area contributed by atoms with Gasteiger partial charge >= 0.3 is 6.09 Å². The predicted octanol–water partition coefficient (Wildman–Crippen LogP) is 2.81. The van der Waals surface area contributed by atoms with Crippen molar-refractivity contribution >= 4 is 23.3 Å². The van der Waals surface area contributed by atoms with Gasteiger partial charge in [-0.1, -0.05) is 6.07 Å². The van der Waals surface area contributed by atoms with Crippen LogP contribution in [0.2, 0.25) is 0 Å². The monoisotopic (exact) mass is 324 g/mol. The van der Waals surface area contributed by atoms with Crippen LogP contribution in [0.1, 0.15) is 38.5 Å². The number of carbonyl (C=O) groups is 2. The van der Waals surface area contributed by atoms with Gasteiger partial charge in [-0.25, -0.2) is 4.79 Å². The maximum atomic E-state index is 12.2. The van der Waals surface area contributed by atoms with Crippen LogP contribution in [0.5, 0.6) is 0 Å². The predicted molar refractivity (Wildman–Crippen MR) is 87.0 cm³/mol. The topological polar surface area (TPSA) is 58.6 Å². The van der Waals surface area contributed by atoms with Crippen molar-refractivity contribution in [2.24, 2.45) is 0 Å². The number of hydrogen-bond donors (Lipinski definition) is 1. The Balaban J connectivity index is 1.73. The Morgan fingerprint density at radius 3 is 2.59 bits per heavy atom. The van der Waals surface area contributed by atoms with Crippen LogP contribution in [0.3, 0.4) is 0 Å². The minimum Gasteiger partial charge on any atom is -0.444 e. The number of alkyl carbamates (subject to hydrolysis) is 1. The molecule has 2 rings (SSSR count). The van der Waals surface area contributed by atoms with E-state index in [1.807, 2.05) is 43.2 Å². The molecule has 0 aliphatic carbocycles. The van der Waals surface area contributed by atoms with Gasteiger partial charge in [0.25, 0.3) is 0 Å². The number of amides is 2. The van der Waals surface area contributed by atoms with E-state index in [0.717, 1.165) is 17.7 Å². The quantitative estimate of drug-likeness (QED) is 0.930. The normalized spacial score (nSPS) is 16.4. The molecule has 1 aromatic rings. The van der Waals surface area contributed by atoms with Crippen LogP contribution in [0.15, 0.2) is 17.5 Å². The van der Waals surface area contributed by atoms with E-state index in [-0.39, 0.29) is 18.0 Å². The molecule has 1 aliphatic heterocycles. The summed E-state index contributed by atoms with van der Waals surface area (Å²) in [5.41, 5.74) is -0.485. The lowest BCUT2D eigenvalue weighted by molar-refractivity contribution is -0.131. The van der Waals surface area contributed by atoms with Crippen LogP contribution >= 0.6 is 11.3 Å². The lowest BCUT2D eigenvalue weighted by atomic mass is 10.0. The van der Waals surface area contributed by atoms with Crippen LogP contribution in [-0.2, 0) is 16.0 Å². The first-order chi connectivity index (χ1) is 10.3. The van der Waals surface area contributed by atoms with Gasteiger partial charge in [0.2, 0.25) is 5.91 Å². The third-order valence-corrected chi connectivity index (χ3v) is 4.35. The summed E-state index contributed by atoms with van der Waals surface area (Å²) < 4.78 is 5.26. The molecule has 2 heterocycles. The van der Waals surface area contributed by atoms with E-state index in [2.05, 4.69) is 5.32 Å². The Labute approximate surface area is 135 Å². The molecule has 1 saturated heterocycles. The van der Waals surface area contributed by atoms with Crippen molar-refractivity contribution < 1.29 is 14.3 Å². The Hall–Kier alpha value is -1.56. The van der Waals surface area contributed by atoms with Crippen LogP contribution in [0.25, 0.3) is 0 Å². The minimum absolute atomic E-state index is 0.0839. The highest BCUT2D eigenvalue weighted by Gasteiger charge is 2.25. The van der Waals surface area contributed by atoms with E-state index in [0.29, 0.717) is 19.5 Å². The summed E-state index contributed by atoms with van der Waals surface area (Å²) in [6.07, 6.45) is 1.64. The van der Waals surface area contributed by atoms with Crippen molar-refractivity contribution in [3.63, 3.8) is 0 Å². The fraction of sp³-hybridized carbons (Fsp3) is 0.625. The Morgan fingerprint density at radius 2 is 2.05 bits per heavy atom. The number of rotatable bonds is 3. The van der Waals surface area contributed by atoms with Crippen LogP contribution in [0, 0.1) is 0 Å². The number of hydrogen-bond acceptors (Lipinski definition) is 4. The van der Waals surface area contributed by atoms with Gasteiger partial charge in [-0.15, -0.1) is 11.3 Å². The fourth-order valence-corrected chi connectivity index (χ4v) is 3.12. The van der Waals surface area contributed by atoms with Crippen molar-refractivity contribution in [2.45, 2.75) is 51.7 Å². The van der Waals surface area contributed by atoms with Gasteiger partial charge in [-0.2, -0.15) is 0 Å². The zero-order valence-corrected chi connectivity index (χ0v) is 14.2. The second-order valence-electron chi connectivity index (χ2n) is 6.56.